The van der Waals surface area contributed by atoms with Gasteiger partial charge in [0.05, 0.1) is 23.0 Å². The van der Waals surface area contributed by atoms with Gasteiger partial charge in [0.1, 0.15) is 24.9 Å². The minimum atomic E-state index is -3.97. The molecule has 0 radical (unpaired) electrons. The maximum atomic E-state index is 13.0. The highest BCUT2D eigenvalue weighted by Crippen LogP contribution is 2.32. The summed E-state index contributed by atoms with van der Waals surface area (Å²) < 4.78 is 48.5. The molecule has 0 aromatic heterocycles. The highest BCUT2D eigenvalue weighted by atomic mass is 32.2. The molecule has 1 N–H and O–H groups in total. The van der Waals surface area contributed by atoms with Crippen molar-refractivity contribution in [2.45, 2.75) is 24.8 Å². The number of morpholine rings is 1. The molecule has 39 heavy (non-hydrogen) atoms. The Morgan fingerprint density at radius 1 is 1.05 bits per heavy atom. The molecule has 2 aromatic rings. The predicted molar refractivity (Wildman–Crippen MR) is 138 cm³/mol. The fourth-order valence-corrected chi connectivity index (χ4v) is 5.50. The zero-order chi connectivity index (χ0) is 28.2. The Kier molecular flexibility index (Phi) is 8.67. The summed E-state index contributed by atoms with van der Waals surface area (Å²) in [6.07, 6.45) is 0. The number of fused-ring (bicyclic) bond motifs is 1. The third-order valence-electron chi connectivity index (χ3n) is 6.22. The highest BCUT2D eigenvalue weighted by molar-refractivity contribution is 7.89. The zero-order valence-electron chi connectivity index (χ0n) is 21.5. The summed E-state index contributed by atoms with van der Waals surface area (Å²) in [5, 5.41) is 14.6. The lowest BCUT2D eigenvalue weighted by Gasteiger charge is -2.26. The van der Waals surface area contributed by atoms with Gasteiger partial charge in [-0.25, -0.2) is 13.2 Å². The number of hydrogen-bond acceptors (Lipinski definition) is 11. The van der Waals surface area contributed by atoms with E-state index in [1.54, 1.807) is 19.9 Å². The first kappa shape index (κ1) is 28.3. The molecule has 0 saturated carbocycles. The number of nitro benzene ring substituents is 1. The van der Waals surface area contributed by atoms with Gasteiger partial charge in [-0.3, -0.25) is 14.9 Å². The Morgan fingerprint density at radius 3 is 2.41 bits per heavy atom. The topological polar surface area (TPSA) is 164 Å². The standard InChI is InChI=1S/C25H29N3O10S/c1-16(2)24(25(30)38-15-21(29)17-3-6-22-23(13-17)37-12-11-36-22)26-19-5-4-18(14-20(19)28(31)32)39(33,34)27-7-9-35-10-8-27/h3-6,13-14,16,24,26H,7-12,15H2,1-2H3/t24-/m1/s1. The normalized spacial score (nSPS) is 16.4. The predicted octanol–water partition coefficient (Wildman–Crippen LogP) is 2.25. The van der Waals surface area contributed by atoms with E-state index in [1.807, 2.05) is 0 Å². The number of sulfonamides is 1. The Morgan fingerprint density at radius 2 is 1.74 bits per heavy atom. The van der Waals surface area contributed by atoms with E-state index in [4.69, 9.17) is 18.9 Å². The van der Waals surface area contributed by atoms with Gasteiger partial charge in [-0.1, -0.05) is 13.8 Å². The number of nitro groups is 1. The zero-order valence-corrected chi connectivity index (χ0v) is 22.3. The smallest absolute Gasteiger partial charge is 0.329 e. The number of hydrogen-bond donors (Lipinski definition) is 1. The maximum absolute atomic E-state index is 13.0. The molecule has 2 aliphatic heterocycles. The van der Waals surface area contributed by atoms with E-state index in [0.29, 0.717) is 24.7 Å². The molecule has 2 aromatic carbocycles. The molecule has 0 spiro atoms. The van der Waals surface area contributed by atoms with Crippen molar-refractivity contribution < 1.29 is 41.9 Å². The first-order valence-corrected chi connectivity index (χ1v) is 13.7. The molecule has 1 fully saturated rings. The van der Waals surface area contributed by atoms with Gasteiger partial charge in [-0.05, 0) is 36.2 Å². The van der Waals surface area contributed by atoms with Crippen molar-refractivity contribution in [3.63, 3.8) is 0 Å². The summed E-state index contributed by atoms with van der Waals surface area (Å²) in [5.74, 6) is -0.712. The van der Waals surface area contributed by atoms with Gasteiger partial charge in [0.15, 0.2) is 23.9 Å². The summed E-state index contributed by atoms with van der Waals surface area (Å²) in [6, 6.07) is 7.04. The monoisotopic (exact) mass is 563 g/mol. The van der Waals surface area contributed by atoms with Crippen LogP contribution in [0.5, 0.6) is 11.5 Å². The number of anilines is 1. The quantitative estimate of drug-likeness (QED) is 0.195. The molecule has 0 aliphatic carbocycles. The van der Waals surface area contributed by atoms with Crippen LogP contribution in [0.1, 0.15) is 24.2 Å². The van der Waals surface area contributed by atoms with E-state index in [-0.39, 0.29) is 42.4 Å². The molecule has 2 heterocycles. The highest BCUT2D eigenvalue weighted by Gasteiger charge is 2.31. The van der Waals surface area contributed by atoms with Crippen LogP contribution in [-0.2, 0) is 24.3 Å². The van der Waals surface area contributed by atoms with Gasteiger partial charge in [-0.15, -0.1) is 0 Å². The Labute approximate surface area is 225 Å². The lowest BCUT2D eigenvalue weighted by Crippen LogP contribution is -2.40. The second-order valence-electron chi connectivity index (χ2n) is 9.21. The Balaban J connectivity index is 1.47. The number of benzene rings is 2. The van der Waals surface area contributed by atoms with Crippen LogP contribution in [0, 0.1) is 16.0 Å². The molecule has 1 atom stereocenters. The number of nitrogens with zero attached hydrogens (tertiary/aromatic N) is 2. The van der Waals surface area contributed by atoms with Crippen LogP contribution < -0.4 is 14.8 Å². The van der Waals surface area contributed by atoms with E-state index < -0.39 is 51.0 Å². The lowest BCUT2D eigenvalue weighted by molar-refractivity contribution is -0.384. The lowest BCUT2D eigenvalue weighted by atomic mass is 10.0. The van der Waals surface area contributed by atoms with Crippen molar-refractivity contribution in [1.82, 2.24) is 4.31 Å². The number of carbonyl (C=O) groups excluding carboxylic acids is 2. The van der Waals surface area contributed by atoms with Crippen LogP contribution in [0.3, 0.4) is 0 Å². The van der Waals surface area contributed by atoms with Crippen LogP contribution >= 0.6 is 0 Å². The van der Waals surface area contributed by atoms with Crippen molar-refractivity contribution in [3.8, 4) is 11.5 Å². The van der Waals surface area contributed by atoms with Gasteiger partial charge >= 0.3 is 5.97 Å². The number of Topliss-reactive ketones (excluding diaryl/α,β-unsaturated/α-hetero) is 1. The van der Waals surface area contributed by atoms with Crippen LogP contribution in [0.25, 0.3) is 0 Å². The van der Waals surface area contributed by atoms with Gasteiger partial charge in [0.25, 0.3) is 5.69 Å². The number of carbonyl (C=O) groups is 2. The second kappa shape index (κ2) is 12.0. The maximum Gasteiger partial charge on any atom is 0.329 e. The van der Waals surface area contributed by atoms with Gasteiger partial charge < -0.3 is 24.3 Å². The number of esters is 1. The second-order valence-corrected chi connectivity index (χ2v) is 11.1. The van der Waals surface area contributed by atoms with Gasteiger partial charge in [-0.2, -0.15) is 4.31 Å². The minimum Gasteiger partial charge on any atom is -0.486 e. The first-order chi connectivity index (χ1) is 18.6. The van der Waals surface area contributed by atoms with Crippen LogP contribution in [0.2, 0.25) is 0 Å². The molecular formula is C25H29N3O10S. The largest absolute Gasteiger partial charge is 0.486 e. The molecule has 0 amide bonds. The van der Waals surface area contributed by atoms with Crippen molar-refractivity contribution in [1.29, 1.82) is 0 Å². The third-order valence-corrected chi connectivity index (χ3v) is 8.11. The van der Waals surface area contributed by atoms with E-state index in [9.17, 15) is 28.1 Å². The average Bonchev–Trinajstić information content (AvgIpc) is 2.94. The fraction of sp³-hybridized carbons (Fsp3) is 0.440. The van der Waals surface area contributed by atoms with Crippen LogP contribution in [-0.4, -0.2) is 81.6 Å². The molecule has 1 saturated heterocycles. The summed E-state index contributed by atoms with van der Waals surface area (Å²) in [4.78, 5) is 36.4. The molecule has 2 aliphatic rings. The Bertz CT molecular complexity index is 1360. The van der Waals surface area contributed by atoms with Crippen LogP contribution in [0.4, 0.5) is 11.4 Å². The van der Waals surface area contributed by atoms with E-state index in [0.717, 1.165) is 6.07 Å². The summed E-state index contributed by atoms with van der Waals surface area (Å²) in [6.45, 7) is 4.36. The molecule has 13 nitrogen and oxygen atoms in total. The van der Waals surface area contributed by atoms with Crippen LogP contribution in [0.15, 0.2) is 41.3 Å². The Hall–Kier alpha value is -3.75. The molecule has 0 bridgehead atoms. The van der Waals surface area contributed by atoms with E-state index in [2.05, 4.69) is 5.32 Å². The van der Waals surface area contributed by atoms with Crippen molar-refractivity contribution in [2.24, 2.45) is 5.92 Å². The summed E-state index contributed by atoms with van der Waals surface area (Å²) in [7, 11) is -3.97. The van der Waals surface area contributed by atoms with Crippen molar-refractivity contribution >= 4 is 33.2 Å². The number of ketones is 1. The average molecular weight is 564 g/mol. The van der Waals surface area contributed by atoms with E-state index >= 15 is 0 Å². The minimum absolute atomic E-state index is 0.0604. The van der Waals surface area contributed by atoms with Gasteiger partial charge in [0.2, 0.25) is 10.0 Å². The SMILES string of the molecule is CC(C)[C@@H](Nc1ccc(S(=O)(=O)N2CCOCC2)cc1[N+](=O)[O-])C(=O)OCC(=O)c1ccc2c(c1)OCCO2. The van der Waals surface area contributed by atoms with Crippen molar-refractivity contribution in [3.05, 3.63) is 52.1 Å². The summed E-state index contributed by atoms with van der Waals surface area (Å²) >= 11 is 0. The van der Waals surface area contributed by atoms with E-state index in [1.165, 1.54) is 28.6 Å². The molecule has 210 valence electrons. The number of nitrogens with one attached hydrogen (secondary N) is 1. The first-order valence-electron chi connectivity index (χ1n) is 12.3. The molecular weight excluding hydrogens is 534 g/mol. The molecule has 0 unspecified atom stereocenters. The van der Waals surface area contributed by atoms with Gasteiger partial charge in [0, 0.05) is 24.7 Å². The molecule has 14 heteroatoms. The number of rotatable bonds is 10. The third kappa shape index (κ3) is 6.46. The summed E-state index contributed by atoms with van der Waals surface area (Å²) in [5.41, 5.74) is -0.307. The van der Waals surface area contributed by atoms with Crippen molar-refractivity contribution in [2.75, 3.05) is 51.4 Å². The molecule has 4 rings (SSSR count). The fourth-order valence-electron chi connectivity index (χ4n) is 4.07. The number of ether oxygens (including phenoxy) is 4.